The Labute approximate surface area is 178 Å². The van der Waals surface area contributed by atoms with E-state index in [9.17, 15) is 4.79 Å². The molecule has 30 heavy (non-hydrogen) atoms. The van der Waals surface area contributed by atoms with Crippen LogP contribution in [0, 0.1) is 0 Å². The molecule has 0 atom stereocenters. The lowest BCUT2D eigenvalue weighted by Gasteiger charge is -2.06. The molecule has 180 valence electrons. The highest BCUT2D eigenvalue weighted by atomic mass is 16.6. The summed E-state index contributed by atoms with van der Waals surface area (Å²) in [5, 5.41) is 27.6. The molecule has 0 aliphatic heterocycles. The molecule has 0 spiro atoms. The highest BCUT2D eigenvalue weighted by Crippen LogP contribution is 1.83. The second-order valence-electron chi connectivity index (χ2n) is 5.30. The molecule has 0 aromatic rings. The minimum atomic E-state index is -0.996. The van der Waals surface area contributed by atoms with Crippen molar-refractivity contribution in [3.05, 3.63) is 10.4 Å². The van der Waals surface area contributed by atoms with E-state index in [4.69, 9.17) is 44.5 Å². The van der Waals surface area contributed by atoms with Gasteiger partial charge in [0.15, 0.2) is 0 Å². The molecular weight excluding hydrogens is 402 g/mol. The van der Waals surface area contributed by atoms with E-state index in [-0.39, 0.29) is 19.8 Å². The average molecular weight is 442 g/mol. The van der Waals surface area contributed by atoms with E-state index in [1.807, 2.05) is 13.8 Å². The summed E-state index contributed by atoms with van der Waals surface area (Å²) in [5.74, 6) is -0.996. The van der Waals surface area contributed by atoms with E-state index in [0.717, 1.165) is 19.4 Å². The van der Waals surface area contributed by atoms with E-state index >= 15 is 0 Å². The van der Waals surface area contributed by atoms with Crippen molar-refractivity contribution in [3.63, 3.8) is 0 Å². The van der Waals surface area contributed by atoms with E-state index in [1.165, 1.54) is 0 Å². The Balaban J connectivity index is -0.000000543. The van der Waals surface area contributed by atoms with Gasteiger partial charge in [-0.3, -0.25) is 0 Å². The first-order chi connectivity index (χ1) is 14.6. The molecule has 0 aliphatic carbocycles. The molecule has 0 aliphatic rings. The van der Waals surface area contributed by atoms with Crippen LogP contribution in [0.4, 0.5) is 0 Å². The van der Waals surface area contributed by atoms with Gasteiger partial charge in [0.2, 0.25) is 0 Å². The fourth-order valence-corrected chi connectivity index (χ4v) is 1.28. The van der Waals surface area contributed by atoms with E-state index in [2.05, 4.69) is 10.0 Å². The molecule has 0 rings (SSSR count). The molecule has 0 bridgehead atoms. The number of carboxylic acids is 1. The van der Waals surface area contributed by atoms with Crippen molar-refractivity contribution in [1.82, 2.24) is 0 Å². The second kappa shape index (κ2) is 35.0. The summed E-state index contributed by atoms with van der Waals surface area (Å²) in [6.07, 6.45) is 1.90. The number of rotatable bonds is 19. The fourth-order valence-electron chi connectivity index (χ4n) is 1.28. The number of ether oxygens (including phenoxy) is 5. The molecule has 0 fully saturated rings. The van der Waals surface area contributed by atoms with Crippen LogP contribution in [0.1, 0.15) is 26.7 Å². The number of carbonyl (C=O) groups is 1. The van der Waals surface area contributed by atoms with Crippen molar-refractivity contribution in [2.24, 2.45) is 5.11 Å². The van der Waals surface area contributed by atoms with Crippen LogP contribution < -0.4 is 0 Å². The SMILES string of the molecule is CCCO.CCCOCCO.[N-]=[N+]=NCCOCCOCCOCCOCC(=O)O. The Kier molecular flexibility index (Phi) is 38.6. The van der Waals surface area contributed by atoms with Crippen LogP contribution in [0.15, 0.2) is 5.11 Å². The zero-order chi connectivity index (χ0) is 23.1. The number of azide groups is 1. The number of aliphatic carboxylic acids is 1. The van der Waals surface area contributed by atoms with Crippen LogP contribution in [0.3, 0.4) is 0 Å². The summed E-state index contributed by atoms with van der Waals surface area (Å²) in [6, 6.07) is 0. The van der Waals surface area contributed by atoms with Crippen LogP contribution in [0.25, 0.3) is 10.4 Å². The van der Waals surface area contributed by atoms with Gasteiger partial charge in [0, 0.05) is 24.7 Å². The first-order valence-corrected chi connectivity index (χ1v) is 9.93. The predicted molar refractivity (Wildman–Crippen MR) is 110 cm³/mol. The topological polar surface area (TPSA) is 173 Å². The summed E-state index contributed by atoms with van der Waals surface area (Å²) < 4.78 is 25.1. The highest BCUT2D eigenvalue weighted by Gasteiger charge is 1.96. The third kappa shape index (κ3) is 45.3. The lowest BCUT2D eigenvalue weighted by atomic mass is 10.5. The second-order valence-corrected chi connectivity index (χ2v) is 5.30. The maximum Gasteiger partial charge on any atom is 0.329 e. The van der Waals surface area contributed by atoms with Crippen molar-refractivity contribution in [2.45, 2.75) is 26.7 Å². The van der Waals surface area contributed by atoms with Gasteiger partial charge in [-0.05, 0) is 18.4 Å². The molecular formula is C18H39N3O9. The largest absolute Gasteiger partial charge is 0.480 e. The van der Waals surface area contributed by atoms with Crippen LogP contribution >= 0.6 is 0 Å². The van der Waals surface area contributed by atoms with Gasteiger partial charge in [-0.25, -0.2) is 4.79 Å². The van der Waals surface area contributed by atoms with Gasteiger partial charge < -0.3 is 39.0 Å². The number of hydrogen-bond donors (Lipinski definition) is 3. The van der Waals surface area contributed by atoms with Gasteiger partial charge in [-0.2, -0.15) is 0 Å². The Hall–Kier alpha value is -1.50. The van der Waals surface area contributed by atoms with E-state index < -0.39 is 5.97 Å². The number of hydrogen-bond acceptors (Lipinski definition) is 9. The predicted octanol–water partition coefficient (Wildman–Crippen LogP) is 1.24. The summed E-state index contributed by atoms with van der Waals surface area (Å²) >= 11 is 0. The van der Waals surface area contributed by atoms with Gasteiger partial charge in [0.05, 0.1) is 59.5 Å². The van der Waals surface area contributed by atoms with Crippen molar-refractivity contribution in [3.8, 4) is 0 Å². The van der Waals surface area contributed by atoms with Crippen molar-refractivity contribution >= 4 is 5.97 Å². The highest BCUT2D eigenvalue weighted by molar-refractivity contribution is 5.67. The van der Waals surface area contributed by atoms with Crippen molar-refractivity contribution in [1.29, 1.82) is 0 Å². The smallest absolute Gasteiger partial charge is 0.329 e. The summed E-state index contributed by atoms with van der Waals surface area (Å²) in [5.41, 5.74) is 8.00. The number of aliphatic hydroxyl groups is 2. The normalized spacial score (nSPS) is 9.60. The quantitative estimate of drug-likeness (QED) is 0.115. The van der Waals surface area contributed by atoms with Crippen molar-refractivity contribution in [2.75, 3.05) is 85.8 Å². The zero-order valence-electron chi connectivity index (χ0n) is 18.2. The molecule has 0 unspecified atom stereocenters. The summed E-state index contributed by atoms with van der Waals surface area (Å²) in [7, 11) is 0. The molecule has 12 nitrogen and oxygen atoms in total. The standard InChI is InChI=1S/C10H19N3O6.C5H12O2.C3H8O/c11-13-12-1-2-16-3-4-17-5-6-18-7-8-19-9-10(14)15;1-2-4-7-5-3-6;1-2-3-4/h1-9H2,(H,14,15);6H,2-5H2,1H3;4H,2-3H2,1H3. The third-order valence-corrected chi connectivity index (χ3v) is 2.55. The maximum atomic E-state index is 10.1. The van der Waals surface area contributed by atoms with E-state index in [0.29, 0.717) is 59.4 Å². The summed E-state index contributed by atoms with van der Waals surface area (Å²) in [4.78, 5) is 12.7. The minimum absolute atomic E-state index is 0.139. The molecule has 0 heterocycles. The molecule has 3 N–H and O–H groups in total. The lowest BCUT2D eigenvalue weighted by molar-refractivity contribution is -0.142. The van der Waals surface area contributed by atoms with Gasteiger partial charge in [0.1, 0.15) is 6.61 Å². The summed E-state index contributed by atoms with van der Waals surface area (Å²) in [6.45, 7) is 8.35. The van der Waals surface area contributed by atoms with Crippen LogP contribution in [-0.2, 0) is 28.5 Å². The molecule has 0 aromatic heterocycles. The van der Waals surface area contributed by atoms with Crippen LogP contribution in [-0.4, -0.2) is 107 Å². The monoisotopic (exact) mass is 441 g/mol. The lowest BCUT2D eigenvalue weighted by Crippen LogP contribution is -2.14. The fraction of sp³-hybridized carbons (Fsp3) is 0.944. The molecule has 0 radical (unpaired) electrons. The first kappa shape index (κ1) is 33.1. The molecule has 0 saturated carbocycles. The maximum absolute atomic E-state index is 10.1. The number of aliphatic hydroxyl groups excluding tert-OH is 2. The molecule has 0 amide bonds. The first-order valence-electron chi connectivity index (χ1n) is 9.93. The van der Waals surface area contributed by atoms with E-state index in [1.54, 1.807) is 0 Å². The molecule has 12 heteroatoms. The van der Waals surface area contributed by atoms with Gasteiger partial charge in [0.25, 0.3) is 0 Å². The minimum Gasteiger partial charge on any atom is -0.480 e. The molecule has 0 aromatic carbocycles. The molecule has 0 saturated heterocycles. The Morgan fingerprint density at radius 3 is 1.63 bits per heavy atom. The number of nitrogens with zero attached hydrogens (tertiary/aromatic N) is 3. The Morgan fingerprint density at radius 1 is 0.767 bits per heavy atom. The Morgan fingerprint density at radius 2 is 1.23 bits per heavy atom. The van der Waals surface area contributed by atoms with Crippen LogP contribution in [0.5, 0.6) is 0 Å². The van der Waals surface area contributed by atoms with Crippen LogP contribution in [0.2, 0.25) is 0 Å². The van der Waals surface area contributed by atoms with Crippen molar-refractivity contribution < 1.29 is 43.8 Å². The van der Waals surface area contributed by atoms with Gasteiger partial charge in [-0.1, -0.05) is 19.0 Å². The Bertz CT molecular complexity index is 353. The van der Waals surface area contributed by atoms with Gasteiger partial charge in [-0.15, -0.1) is 0 Å². The van der Waals surface area contributed by atoms with Gasteiger partial charge >= 0.3 is 5.97 Å². The number of carboxylic acid groups (broad SMARTS) is 1. The average Bonchev–Trinajstić information content (AvgIpc) is 2.75. The third-order valence-electron chi connectivity index (χ3n) is 2.55. The zero-order valence-corrected chi connectivity index (χ0v) is 18.2.